The van der Waals surface area contributed by atoms with Crippen LogP contribution < -0.4 is 19.7 Å². The minimum Gasteiger partial charge on any atom is -0.497 e. The standard InChI is InChI=1S/C25H30N4O3/c1-31-19-9-10-22-20(17-19)21(18-27-22)25(30)26-11-5-6-12-28-13-15-29(16-14-28)23-7-3-4-8-24(23)32-2/h3-10,17-18,27H,11-16H2,1-2H3,(H,26,30)/b6-5+. The Bertz CT molecular complexity index is 1080. The van der Waals surface area contributed by atoms with Gasteiger partial charge >= 0.3 is 0 Å². The van der Waals surface area contributed by atoms with Crippen molar-refractivity contribution in [2.45, 2.75) is 0 Å². The molecule has 0 atom stereocenters. The Hall–Kier alpha value is -3.45. The van der Waals surface area contributed by atoms with Gasteiger partial charge in [0.2, 0.25) is 0 Å². The van der Waals surface area contributed by atoms with E-state index in [9.17, 15) is 4.79 Å². The van der Waals surface area contributed by atoms with E-state index in [1.54, 1.807) is 20.4 Å². The van der Waals surface area contributed by atoms with Crippen molar-refractivity contribution < 1.29 is 14.3 Å². The van der Waals surface area contributed by atoms with Crippen LogP contribution in [-0.4, -0.2) is 69.3 Å². The van der Waals surface area contributed by atoms with E-state index in [1.165, 1.54) is 0 Å². The van der Waals surface area contributed by atoms with Crippen LogP contribution in [0.2, 0.25) is 0 Å². The first-order valence-corrected chi connectivity index (χ1v) is 10.9. The molecule has 0 spiro atoms. The van der Waals surface area contributed by atoms with Crippen LogP contribution >= 0.6 is 0 Å². The van der Waals surface area contributed by atoms with Crippen molar-refractivity contribution >= 4 is 22.5 Å². The zero-order chi connectivity index (χ0) is 22.3. The van der Waals surface area contributed by atoms with Gasteiger partial charge in [-0.2, -0.15) is 0 Å². The lowest BCUT2D eigenvalue weighted by Gasteiger charge is -2.36. The second kappa shape index (κ2) is 10.2. The summed E-state index contributed by atoms with van der Waals surface area (Å²) in [6.45, 7) is 5.29. The maximum Gasteiger partial charge on any atom is 0.253 e. The van der Waals surface area contributed by atoms with E-state index in [0.717, 1.165) is 60.8 Å². The average molecular weight is 435 g/mol. The largest absolute Gasteiger partial charge is 0.497 e. The lowest BCUT2D eigenvalue weighted by atomic mass is 10.1. The number of aromatic amines is 1. The van der Waals surface area contributed by atoms with E-state index in [1.807, 2.05) is 42.5 Å². The summed E-state index contributed by atoms with van der Waals surface area (Å²) >= 11 is 0. The summed E-state index contributed by atoms with van der Waals surface area (Å²) < 4.78 is 10.8. The first kappa shape index (κ1) is 21.8. The molecule has 1 amide bonds. The lowest BCUT2D eigenvalue weighted by Crippen LogP contribution is -2.46. The van der Waals surface area contributed by atoms with Crippen molar-refractivity contribution in [3.05, 3.63) is 66.4 Å². The average Bonchev–Trinajstić information content (AvgIpc) is 3.27. The molecule has 0 bridgehead atoms. The Balaban J connectivity index is 1.23. The quantitative estimate of drug-likeness (QED) is 0.533. The number of carbonyl (C=O) groups excluding carboxylic acids is 1. The summed E-state index contributed by atoms with van der Waals surface area (Å²) in [5, 5.41) is 3.83. The molecule has 0 unspecified atom stereocenters. The van der Waals surface area contributed by atoms with Crippen LogP contribution in [0.1, 0.15) is 10.4 Å². The van der Waals surface area contributed by atoms with Crippen molar-refractivity contribution in [1.29, 1.82) is 0 Å². The monoisotopic (exact) mass is 434 g/mol. The van der Waals surface area contributed by atoms with Gasteiger partial charge in [-0.15, -0.1) is 0 Å². The third-order valence-corrected chi connectivity index (χ3v) is 5.84. The number of para-hydroxylation sites is 2. The molecular weight excluding hydrogens is 404 g/mol. The van der Waals surface area contributed by atoms with Gasteiger partial charge in [0.05, 0.1) is 25.5 Å². The molecule has 0 aliphatic carbocycles. The van der Waals surface area contributed by atoms with Crippen molar-refractivity contribution in [2.24, 2.45) is 0 Å². The molecular formula is C25H30N4O3. The smallest absolute Gasteiger partial charge is 0.253 e. The van der Waals surface area contributed by atoms with Crippen LogP contribution in [0.4, 0.5) is 5.69 Å². The number of aromatic nitrogens is 1. The Morgan fingerprint density at radius 3 is 2.66 bits per heavy atom. The fourth-order valence-corrected chi connectivity index (χ4v) is 4.03. The highest BCUT2D eigenvalue weighted by molar-refractivity contribution is 6.07. The van der Waals surface area contributed by atoms with E-state index in [-0.39, 0.29) is 5.91 Å². The number of anilines is 1. The third-order valence-electron chi connectivity index (χ3n) is 5.84. The molecule has 3 aromatic rings. The number of benzene rings is 2. The first-order chi connectivity index (χ1) is 15.7. The molecule has 1 saturated heterocycles. The van der Waals surface area contributed by atoms with Gasteiger partial charge in [0.25, 0.3) is 5.91 Å². The van der Waals surface area contributed by atoms with Gasteiger partial charge in [-0.3, -0.25) is 9.69 Å². The van der Waals surface area contributed by atoms with Crippen LogP contribution in [0, 0.1) is 0 Å². The predicted molar refractivity (Wildman–Crippen MR) is 128 cm³/mol. The number of fused-ring (bicyclic) bond motifs is 1. The first-order valence-electron chi connectivity index (χ1n) is 10.9. The fourth-order valence-electron chi connectivity index (χ4n) is 4.03. The van der Waals surface area contributed by atoms with Gasteiger partial charge in [-0.1, -0.05) is 24.3 Å². The number of hydrogen-bond acceptors (Lipinski definition) is 5. The highest BCUT2D eigenvalue weighted by Crippen LogP contribution is 2.28. The number of amides is 1. The number of rotatable bonds is 8. The van der Waals surface area contributed by atoms with Crippen molar-refractivity contribution in [2.75, 3.05) is 58.4 Å². The Labute approximate surface area is 188 Å². The number of piperazine rings is 1. The minimum atomic E-state index is -0.0976. The number of ether oxygens (including phenoxy) is 2. The third kappa shape index (κ3) is 4.89. The zero-order valence-electron chi connectivity index (χ0n) is 18.6. The summed E-state index contributed by atoms with van der Waals surface area (Å²) in [7, 11) is 3.34. The van der Waals surface area contributed by atoms with Gasteiger partial charge in [0.15, 0.2) is 0 Å². The summed E-state index contributed by atoms with van der Waals surface area (Å²) in [5.41, 5.74) is 2.70. The molecule has 7 nitrogen and oxygen atoms in total. The SMILES string of the molecule is COc1ccc2[nH]cc(C(=O)NC/C=C/CN3CCN(c4ccccc4OC)CC3)c2c1. The highest BCUT2D eigenvalue weighted by atomic mass is 16.5. The number of nitrogens with zero attached hydrogens (tertiary/aromatic N) is 2. The predicted octanol–water partition coefficient (Wildman–Crippen LogP) is 3.29. The normalized spacial score (nSPS) is 14.8. The fraction of sp³-hybridized carbons (Fsp3) is 0.320. The van der Waals surface area contributed by atoms with Gasteiger partial charge in [-0.05, 0) is 30.3 Å². The van der Waals surface area contributed by atoms with E-state index >= 15 is 0 Å². The number of nitrogens with one attached hydrogen (secondary N) is 2. The van der Waals surface area contributed by atoms with E-state index < -0.39 is 0 Å². The van der Waals surface area contributed by atoms with E-state index in [4.69, 9.17) is 9.47 Å². The Morgan fingerprint density at radius 1 is 1.06 bits per heavy atom. The number of methoxy groups -OCH3 is 2. The number of carbonyl (C=O) groups is 1. The molecule has 168 valence electrons. The van der Waals surface area contributed by atoms with Gasteiger partial charge < -0.3 is 24.7 Å². The van der Waals surface area contributed by atoms with Crippen molar-refractivity contribution in [1.82, 2.24) is 15.2 Å². The molecule has 32 heavy (non-hydrogen) atoms. The van der Waals surface area contributed by atoms with Crippen molar-refractivity contribution in [3.8, 4) is 11.5 Å². The van der Waals surface area contributed by atoms with Crippen molar-refractivity contribution in [3.63, 3.8) is 0 Å². The van der Waals surface area contributed by atoms with E-state index in [0.29, 0.717) is 12.1 Å². The Kier molecular flexibility index (Phi) is 6.97. The van der Waals surface area contributed by atoms with Gasteiger partial charge in [0, 0.05) is 56.4 Å². The summed E-state index contributed by atoms with van der Waals surface area (Å²) in [6.07, 6.45) is 5.88. The van der Waals surface area contributed by atoms with Crippen LogP contribution in [-0.2, 0) is 0 Å². The molecule has 2 aromatic carbocycles. The molecule has 0 radical (unpaired) electrons. The highest BCUT2D eigenvalue weighted by Gasteiger charge is 2.18. The van der Waals surface area contributed by atoms with Crippen LogP contribution in [0.3, 0.4) is 0 Å². The minimum absolute atomic E-state index is 0.0976. The molecule has 1 aromatic heterocycles. The zero-order valence-corrected chi connectivity index (χ0v) is 18.6. The lowest BCUT2D eigenvalue weighted by molar-refractivity contribution is 0.0959. The maximum atomic E-state index is 12.6. The molecule has 1 aliphatic rings. The molecule has 0 saturated carbocycles. The van der Waals surface area contributed by atoms with Crippen LogP contribution in [0.5, 0.6) is 11.5 Å². The summed E-state index contributed by atoms with van der Waals surface area (Å²) in [4.78, 5) is 20.5. The van der Waals surface area contributed by atoms with Crippen LogP contribution in [0.25, 0.3) is 10.9 Å². The second-order valence-corrected chi connectivity index (χ2v) is 7.75. The van der Waals surface area contributed by atoms with Gasteiger partial charge in [0.1, 0.15) is 11.5 Å². The molecule has 1 aliphatic heterocycles. The molecule has 2 heterocycles. The molecule has 4 rings (SSSR count). The molecule has 2 N–H and O–H groups in total. The van der Waals surface area contributed by atoms with E-state index in [2.05, 4.69) is 32.2 Å². The maximum absolute atomic E-state index is 12.6. The molecule has 7 heteroatoms. The topological polar surface area (TPSA) is 69.8 Å². The molecule has 1 fully saturated rings. The number of hydrogen-bond donors (Lipinski definition) is 2. The second-order valence-electron chi connectivity index (χ2n) is 7.75. The van der Waals surface area contributed by atoms with Gasteiger partial charge in [-0.25, -0.2) is 0 Å². The summed E-state index contributed by atoms with van der Waals surface area (Å²) in [5.74, 6) is 1.56. The summed E-state index contributed by atoms with van der Waals surface area (Å²) in [6, 6.07) is 13.8. The Morgan fingerprint density at radius 2 is 1.88 bits per heavy atom. The number of H-pyrrole nitrogens is 1. The van der Waals surface area contributed by atoms with Crippen LogP contribution in [0.15, 0.2) is 60.8 Å².